The molecule has 3 N–H and O–H groups in total. The van der Waals surface area contributed by atoms with Gasteiger partial charge in [0.2, 0.25) is 5.91 Å². The third-order valence-corrected chi connectivity index (χ3v) is 2.65. The van der Waals surface area contributed by atoms with Crippen molar-refractivity contribution in [1.82, 2.24) is 5.32 Å². The standard InChI is InChI=1S/C13H18F2N2O3.ClH/c1-19-11(7-16)6-12(18)17-8-9-2-4-10(5-3-9)20-13(14)15;/h2-5,11,13H,6-8,16H2,1H3,(H,17,18);1H. The highest BCUT2D eigenvalue weighted by atomic mass is 35.5. The minimum atomic E-state index is -2.84. The summed E-state index contributed by atoms with van der Waals surface area (Å²) in [5, 5.41) is 2.69. The number of hydrogen-bond acceptors (Lipinski definition) is 4. The van der Waals surface area contributed by atoms with Crippen molar-refractivity contribution in [1.29, 1.82) is 0 Å². The summed E-state index contributed by atoms with van der Waals surface area (Å²) in [5.41, 5.74) is 6.19. The molecule has 1 atom stereocenters. The molecule has 1 rings (SSSR count). The molecule has 0 bridgehead atoms. The zero-order valence-corrected chi connectivity index (χ0v) is 12.4. The molecule has 0 saturated carbocycles. The van der Waals surface area contributed by atoms with Crippen molar-refractivity contribution >= 4 is 18.3 Å². The van der Waals surface area contributed by atoms with Crippen molar-refractivity contribution in [2.45, 2.75) is 25.7 Å². The number of carbonyl (C=O) groups is 1. The first-order valence-corrected chi connectivity index (χ1v) is 6.08. The van der Waals surface area contributed by atoms with Crippen molar-refractivity contribution in [2.24, 2.45) is 5.73 Å². The smallest absolute Gasteiger partial charge is 0.387 e. The monoisotopic (exact) mass is 324 g/mol. The molecule has 0 fully saturated rings. The van der Waals surface area contributed by atoms with E-state index in [2.05, 4.69) is 10.1 Å². The van der Waals surface area contributed by atoms with Gasteiger partial charge in [-0.25, -0.2) is 0 Å². The normalized spacial score (nSPS) is 11.7. The van der Waals surface area contributed by atoms with Gasteiger partial charge in [0.05, 0.1) is 12.5 Å². The average Bonchev–Trinajstić information content (AvgIpc) is 2.43. The van der Waals surface area contributed by atoms with Crippen LogP contribution in [-0.2, 0) is 16.1 Å². The third-order valence-electron chi connectivity index (χ3n) is 2.65. The van der Waals surface area contributed by atoms with E-state index in [0.29, 0.717) is 6.54 Å². The molecule has 1 amide bonds. The van der Waals surface area contributed by atoms with Crippen LogP contribution in [0.25, 0.3) is 0 Å². The summed E-state index contributed by atoms with van der Waals surface area (Å²) < 4.78 is 33.2. The minimum absolute atomic E-state index is 0. The quantitative estimate of drug-likeness (QED) is 0.763. The summed E-state index contributed by atoms with van der Waals surface area (Å²) in [6, 6.07) is 6.06. The van der Waals surface area contributed by atoms with Crippen molar-refractivity contribution < 1.29 is 23.0 Å². The predicted molar refractivity (Wildman–Crippen MR) is 76.6 cm³/mol. The molecule has 21 heavy (non-hydrogen) atoms. The van der Waals surface area contributed by atoms with E-state index in [0.717, 1.165) is 5.56 Å². The molecular weight excluding hydrogens is 306 g/mol. The molecule has 0 aliphatic heterocycles. The lowest BCUT2D eigenvalue weighted by atomic mass is 10.2. The highest BCUT2D eigenvalue weighted by Gasteiger charge is 2.11. The van der Waals surface area contributed by atoms with Gasteiger partial charge in [0, 0.05) is 20.2 Å². The maximum Gasteiger partial charge on any atom is 0.387 e. The van der Waals surface area contributed by atoms with Crippen molar-refractivity contribution in [3.8, 4) is 5.75 Å². The van der Waals surface area contributed by atoms with Gasteiger partial charge < -0.3 is 20.5 Å². The molecule has 1 aromatic carbocycles. The first-order chi connectivity index (χ1) is 9.55. The van der Waals surface area contributed by atoms with Gasteiger partial charge in [0.25, 0.3) is 0 Å². The second kappa shape index (κ2) is 10.3. The fraction of sp³-hybridized carbons (Fsp3) is 0.462. The molecule has 0 aromatic heterocycles. The number of hydrogen-bond donors (Lipinski definition) is 2. The summed E-state index contributed by atoms with van der Waals surface area (Å²) in [4.78, 5) is 11.6. The maximum absolute atomic E-state index is 12.0. The SMILES string of the molecule is COC(CN)CC(=O)NCc1ccc(OC(F)F)cc1.Cl. The Hall–Kier alpha value is -1.44. The Balaban J connectivity index is 0.00000400. The molecule has 0 saturated heterocycles. The Morgan fingerprint density at radius 3 is 2.43 bits per heavy atom. The van der Waals surface area contributed by atoms with Crippen molar-refractivity contribution in [2.75, 3.05) is 13.7 Å². The first-order valence-electron chi connectivity index (χ1n) is 6.08. The van der Waals surface area contributed by atoms with E-state index in [-0.39, 0.29) is 43.1 Å². The fourth-order valence-electron chi connectivity index (χ4n) is 1.53. The van der Waals surface area contributed by atoms with Gasteiger partial charge in [-0.05, 0) is 17.7 Å². The van der Waals surface area contributed by atoms with Crippen LogP contribution in [0.15, 0.2) is 24.3 Å². The fourth-order valence-corrected chi connectivity index (χ4v) is 1.53. The summed E-state index contributed by atoms with van der Waals surface area (Å²) in [6.45, 7) is -2.28. The lowest BCUT2D eigenvalue weighted by Crippen LogP contribution is -2.31. The lowest BCUT2D eigenvalue weighted by Gasteiger charge is -2.12. The van der Waals surface area contributed by atoms with Crippen molar-refractivity contribution in [3.05, 3.63) is 29.8 Å². The number of methoxy groups -OCH3 is 1. The van der Waals surface area contributed by atoms with E-state index in [1.807, 2.05) is 0 Å². The maximum atomic E-state index is 12.0. The number of alkyl halides is 2. The van der Waals surface area contributed by atoms with Gasteiger partial charge >= 0.3 is 6.61 Å². The number of rotatable bonds is 8. The third kappa shape index (κ3) is 7.79. The summed E-state index contributed by atoms with van der Waals surface area (Å²) in [7, 11) is 1.49. The van der Waals surface area contributed by atoms with Crippen LogP contribution in [0.2, 0.25) is 0 Å². The van der Waals surface area contributed by atoms with Crippen LogP contribution in [-0.4, -0.2) is 32.3 Å². The number of ether oxygens (including phenoxy) is 2. The van der Waals surface area contributed by atoms with E-state index >= 15 is 0 Å². The molecule has 0 spiro atoms. The second-order valence-electron chi connectivity index (χ2n) is 4.10. The van der Waals surface area contributed by atoms with E-state index in [4.69, 9.17) is 10.5 Å². The molecular formula is C13H19ClF2N2O3. The van der Waals surface area contributed by atoms with Crippen LogP contribution in [0, 0.1) is 0 Å². The number of benzene rings is 1. The van der Waals surface area contributed by atoms with Gasteiger partial charge in [0.15, 0.2) is 0 Å². The number of carbonyl (C=O) groups excluding carboxylic acids is 1. The van der Waals surface area contributed by atoms with Gasteiger partial charge in [-0.15, -0.1) is 12.4 Å². The Morgan fingerprint density at radius 2 is 1.95 bits per heavy atom. The van der Waals surface area contributed by atoms with Gasteiger partial charge in [0.1, 0.15) is 5.75 Å². The van der Waals surface area contributed by atoms with E-state index in [1.54, 1.807) is 12.1 Å². The van der Waals surface area contributed by atoms with Gasteiger partial charge in [-0.2, -0.15) is 8.78 Å². The second-order valence-corrected chi connectivity index (χ2v) is 4.10. The van der Waals surface area contributed by atoms with E-state index in [9.17, 15) is 13.6 Å². The summed E-state index contributed by atoms with van der Waals surface area (Å²) >= 11 is 0. The largest absolute Gasteiger partial charge is 0.435 e. The summed E-state index contributed by atoms with van der Waals surface area (Å²) in [5.74, 6) is -0.104. The van der Waals surface area contributed by atoms with Gasteiger partial charge in [-0.3, -0.25) is 4.79 Å². The van der Waals surface area contributed by atoms with E-state index in [1.165, 1.54) is 19.2 Å². The molecule has 1 aromatic rings. The molecule has 1 unspecified atom stereocenters. The Labute approximate surface area is 128 Å². The molecule has 0 radical (unpaired) electrons. The molecule has 0 aliphatic carbocycles. The Bertz CT molecular complexity index is 414. The Kier molecular flexibility index (Phi) is 9.60. The van der Waals surface area contributed by atoms with Crippen LogP contribution in [0.3, 0.4) is 0 Å². The first kappa shape index (κ1) is 19.6. The lowest BCUT2D eigenvalue weighted by molar-refractivity contribution is -0.123. The zero-order valence-electron chi connectivity index (χ0n) is 11.6. The van der Waals surface area contributed by atoms with Crippen LogP contribution in [0.1, 0.15) is 12.0 Å². The van der Waals surface area contributed by atoms with Crippen LogP contribution in [0.4, 0.5) is 8.78 Å². The average molecular weight is 325 g/mol. The van der Waals surface area contributed by atoms with E-state index < -0.39 is 6.61 Å². The van der Waals surface area contributed by atoms with Gasteiger partial charge in [-0.1, -0.05) is 12.1 Å². The highest BCUT2D eigenvalue weighted by molar-refractivity contribution is 5.85. The number of halogens is 3. The molecule has 5 nitrogen and oxygen atoms in total. The number of nitrogens with one attached hydrogen (secondary N) is 1. The number of nitrogens with two attached hydrogens (primary N) is 1. The van der Waals surface area contributed by atoms with Crippen molar-refractivity contribution in [3.63, 3.8) is 0 Å². The zero-order chi connectivity index (χ0) is 15.0. The van der Waals surface area contributed by atoms with Crippen LogP contribution in [0.5, 0.6) is 5.75 Å². The molecule has 0 aliphatic rings. The minimum Gasteiger partial charge on any atom is -0.435 e. The predicted octanol–water partition coefficient (Wildman–Crippen LogP) is 1.69. The summed E-state index contributed by atoms with van der Waals surface area (Å²) in [6.07, 6.45) is -0.128. The molecule has 0 heterocycles. The van der Waals surface area contributed by atoms with Crippen LogP contribution < -0.4 is 15.8 Å². The molecule has 120 valence electrons. The van der Waals surface area contributed by atoms with Crippen LogP contribution >= 0.6 is 12.4 Å². The topological polar surface area (TPSA) is 73.6 Å². The highest BCUT2D eigenvalue weighted by Crippen LogP contribution is 2.14. The Morgan fingerprint density at radius 1 is 1.33 bits per heavy atom. The number of amides is 1. The molecule has 8 heteroatoms.